The summed E-state index contributed by atoms with van der Waals surface area (Å²) in [6, 6.07) is 24.8. The molecule has 4 aromatic carbocycles. The van der Waals surface area contributed by atoms with Gasteiger partial charge < -0.3 is 24.6 Å². The van der Waals surface area contributed by atoms with Gasteiger partial charge in [0.1, 0.15) is 23.0 Å². The summed E-state index contributed by atoms with van der Waals surface area (Å²) in [7, 11) is 4.84. The predicted octanol–water partition coefficient (Wildman–Crippen LogP) is 6.12. The molecule has 2 N–H and O–H groups in total. The number of phenols is 1. The maximum atomic E-state index is 11.1. The lowest BCUT2D eigenvalue weighted by atomic mass is 9.96. The number of fused-ring (bicyclic) bond motifs is 1. The molecule has 0 bridgehead atoms. The number of hydrogen-bond donors (Lipinski definition) is 2. The number of nitrogens with zero attached hydrogens (tertiary/aromatic N) is 2. The summed E-state index contributed by atoms with van der Waals surface area (Å²) < 4.78 is 16.2. The smallest absolute Gasteiger partial charge is 0.194 e. The first kappa shape index (κ1) is 24.4. The van der Waals surface area contributed by atoms with E-state index in [-0.39, 0.29) is 11.8 Å². The van der Waals surface area contributed by atoms with Crippen molar-refractivity contribution in [2.45, 2.75) is 12.5 Å². The number of phenolic OH excluding ortho intramolecular Hbond substituents is 1. The van der Waals surface area contributed by atoms with Crippen molar-refractivity contribution in [3.63, 3.8) is 0 Å². The van der Waals surface area contributed by atoms with Gasteiger partial charge >= 0.3 is 0 Å². The maximum Gasteiger partial charge on any atom is 0.194 e. The number of anilines is 1. The SMILES string of the molecule is COc1ccc(C2CC(c3ccc4ccccc4c3O)=NN2C(=S)Nc2ccc(OC)cc2OC)cc1. The van der Waals surface area contributed by atoms with Crippen LogP contribution in [0.1, 0.15) is 23.6 Å². The molecule has 188 valence electrons. The van der Waals surface area contributed by atoms with Crippen molar-refractivity contribution >= 4 is 39.5 Å². The van der Waals surface area contributed by atoms with E-state index in [2.05, 4.69) is 5.32 Å². The fourth-order valence-corrected chi connectivity index (χ4v) is 4.79. The number of benzene rings is 4. The van der Waals surface area contributed by atoms with Crippen molar-refractivity contribution in [2.24, 2.45) is 5.10 Å². The molecule has 4 aromatic rings. The molecule has 0 aromatic heterocycles. The lowest BCUT2D eigenvalue weighted by Gasteiger charge is -2.25. The van der Waals surface area contributed by atoms with Crippen molar-refractivity contribution in [1.29, 1.82) is 0 Å². The van der Waals surface area contributed by atoms with Gasteiger partial charge in [-0.1, -0.05) is 42.5 Å². The summed E-state index contributed by atoms with van der Waals surface area (Å²) >= 11 is 5.84. The van der Waals surface area contributed by atoms with E-state index in [9.17, 15) is 5.11 Å². The third-order valence-corrected chi connectivity index (χ3v) is 6.77. The minimum absolute atomic E-state index is 0.184. The van der Waals surface area contributed by atoms with Gasteiger partial charge in [0, 0.05) is 23.4 Å². The van der Waals surface area contributed by atoms with E-state index in [1.165, 1.54) is 0 Å². The highest BCUT2D eigenvalue weighted by Crippen LogP contribution is 2.38. The third kappa shape index (κ3) is 4.75. The standard InChI is InChI=1S/C29H27N3O4S/c1-34-20-11-8-19(9-12-20)26-17-25(23-14-10-18-6-4-5-7-22(18)28(23)33)31-32(26)29(37)30-24-15-13-21(35-2)16-27(24)36-3/h4-16,26,33H,17H2,1-3H3,(H,30,37). The number of ether oxygens (including phenoxy) is 3. The quantitative estimate of drug-likeness (QED) is 0.301. The Hall–Kier alpha value is -4.30. The average Bonchev–Trinajstić information content (AvgIpc) is 3.39. The second-order valence-electron chi connectivity index (χ2n) is 8.56. The van der Waals surface area contributed by atoms with Crippen LogP contribution in [0, 0.1) is 0 Å². The Bertz CT molecular complexity index is 1490. The average molecular weight is 514 g/mol. The molecule has 0 saturated carbocycles. The molecule has 0 radical (unpaired) electrons. The topological polar surface area (TPSA) is 75.6 Å². The number of aromatic hydroxyl groups is 1. The van der Waals surface area contributed by atoms with E-state index in [1.807, 2.05) is 72.8 Å². The molecule has 0 aliphatic carbocycles. The second kappa shape index (κ2) is 10.4. The first-order valence-electron chi connectivity index (χ1n) is 11.8. The Morgan fingerprint density at radius 2 is 1.65 bits per heavy atom. The Morgan fingerprint density at radius 3 is 2.38 bits per heavy atom. The Balaban J connectivity index is 1.52. The van der Waals surface area contributed by atoms with Crippen LogP contribution in [-0.2, 0) is 0 Å². The zero-order valence-corrected chi connectivity index (χ0v) is 21.6. The van der Waals surface area contributed by atoms with Gasteiger partial charge in [0.05, 0.1) is 38.8 Å². The van der Waals surface area contributed by atoms with Crippen molar-refractivity contribution in [1.82, 2.24) is 5.01 Å². The van der Waals surface area contributed by atoms with E-state index in [4.69, 9.17) is 31.5 Å². The number of hydrazone groups is 1. The lowest BCUT2D eigenvalue weighted by Crippen LogP contribution is -2.31. The largest absolute Gasteiger partial charge is 0.507 e. The van der Waals surface area contributed by atoms with E-state index in [1.54, 1.807) is 32.4 Å². The first-order chi connectivity index (χ1) is 18.0. The molecule has 37 heavy (non-hydrogen) atoms. The Morgan fingerprint density at radius 1 is 0.919 bits per heavy atom. The van der Waals surface area contributed by atoms with E-state index in [0.29, 0.717) is 34.3 Å². The molecule has 8 heteroatoms. The van der Waals surface area contributed by atoms with E-state index >= 15 is 0 Å². The van der Waals surface area contributed by atoms with Gasteiger partial charge in [-0.15, -0.1) is 0 Å². The fourth-order valence-electron chi connectivity index (χ4n) is 4.51. The number of methoxy groups -OCH3 is 3. The third-order valence-electron chi connectivity index (χ3n) is 6.48. The number of thiocarbonyl (C=S) groups is 1. The number of rotatable bonds is 6. The van der Waals surface area contributed by atoms with Crippen LogP contribution in [0.4, 0.5) is 5.69 Å². The first-order valence-corrected chi connectivity index (χ1v) is 12.2. The molecule has 1 aliphatic heterocycles. The van der Waals surface area contributed by atoms with Crippen LogP contribution in [0.15, 0.2) is 84.0 Å². The van der Waals surface area contributed by atoms with Crippen LogP contribution in [-0.4, -0.2) is 42.3 Å². The van der Waals surface area contributed by atoms with Gasteiger partial charge in [-0.3, -0.25) is 0 Å². The zero-order valence-electron chi connectivity index (χ0n) is 20.8. The van der Waals surface area contributed by atoms with Crippen LogP contribution in [0.25, 0.3) is 10.8 Å². The molecule has 5 rings (SSSR count). The van der Waals surface area contributed by atoms with Crippen molar-refractivity contribution < 1.29 is 19.3 Å². The minimum atomic E-state index is -0.184. The van der Waals surface area contributed by atoms with Crippen molar-refractivity contribution in [2.75, 3.05) is 26.6 Å². The molecule has 0 fully saturated rings. The molecule has 1 heterocycles. The fraction of sp³-hybridized carbons (Fsp3) is 0.172. The monoisotopic (exact) mass is 513 g/mol. The van der Waals surface area contributed by atoms with Crippen LogP contribution < -0.4 is 19.5 Å². The second-order valence-corrected chi connectivity index (χ2v) is 8.95. The maximum absolute atomic E-state index is 11.1. The van der Waals surface area contributed by atoms with Gasteiger partial charge in [0.2, 0.25) is 0 Å². The van der Waals surface area contributed by atoms with Crippen LogP contribution in [0.3, 0.4) is 0 Å². The molecule has 1 aliphatic rings. The summed E-state index contributed by atoms with van der Waals surface area (Å²) in [6.45, 7) is 0. The van der Waals surface area contributed by atoms with Gasteiger partial charge in [0.25, 0.3) is 0 Å². The normalized spacial score (nSPS) is 14.8. The molecule has 7 nitrogen and oxygen atoms in total. The number of hydrogen-bond acceptors (Lipinski definition) is 6. The van der Waals surface area contributed by atoms with E-state index < -0.39 is 0 Å². The summed E-state index contributed by atoms with van der Waals surface area (Å²) in [6.07, 6.45) is 0.555. The lowest BCUT2D eigenvalue weighted by molar-refractivity contribution is 0.373. The highest BCUT2D eigenvalue weighted by atomic mass is 32.1. The molecule has 1 unspecified atom stereocenters. The molecule has 0 amide bonds. The zero-order chi connectivity index (χ0) is 25.9. The van der Waals surface area contributed by atoms with Crippen LogP contribution >= 0.6 is 12.2 Å². The Labute approximate surface area is 220 Å². The Kier molecular flexibility index (Phi) is 6.83. The minimum Gasteiger partial charge on any atom is -0.507 e. The van der Waals surface area contributed by atoms with Crippen molar-refractivity contribution in [3.8, 4) is 23.0 Å². The van der Waals surface area contributed by atoms with Crippen molar-refractivity contribution in [3.05, 3.63) is 90.0 Å². The van der Waals surface area contributed by atoms with Gasteiger partial charge in [-0.2, -0.15) is 5.10 Å². The molecule has 0 spiro atoms. The van der Waals surface area contributed by atoms with Gasteiger partial charge in [-0.05, 0) is 53.5 Å². The molecule has 0 saturated heterocycles. The molecule has 1 atom stereocenters. The van der Waals surface area contributed by atoms with Gasteiger partial charge in [-0.25, -0.2) is 5.01 Å². The summed E-state index contributed by atoms with van der Waals surface area (Å²) in [5.74, 6) is 2.25. The van der Waals surface area contributed by atoms with Crippen LogP contribution in [0.2, 0.25) is 0 Å². The summed E-state index contributed by atoms with van der Waals surface area (Å²) in [5, 5.41) is 23.2. The van der Waals surface area contributed by atoms with Crippen LogP contribution in [0.5, 0.6) is 23.0 Å². The highest BCUT2D eigenvalue weighted by molar-refractivity contribution is 7.80. The molecular weight excluding hydrogens is 486 g/mol. The predicted molar refractivity (Wildman–Crippen MR) is 150 cm³/mol. The highest BCUT2D eigenvalue weighted by Gasteiger charge is 2.33. The summed E-state index contributed by atoms with van der Waals surface area (Å²) in [5.41, 5.74) is 3.14. The van der Waals surface area contributed by atoms with Gasteiger partial charge in [0.15, 0.2) is 5.11 Å². The van der Waals surface area contributed by atoms with E-state index in [0.717, 1.165) is 27.8 Å². The number of nitrogens with one attached hydrogen (secondary N) is 1. The molecular formula is C29H27N3O4S. The summed E-state index contributed by atoms with van der Waals surface area (Å²) in [4.78, 5) is 0.